The van der Waals surface area contributed by atoms with E-state index in [0.717, 1.165) is 79.9 Å². The molecule has 1 aromatic carbocycles. The van der Waals surface area contributed by atoms with Gasteiger partial charge < -0.3 is 10.2 Å². The molecule has 1 N–H and O–H groups in total. The van der Waals surface area contributed by atoms with Crippen LogP contribution < -0.4 is 5.32 Å². The highest BCUT2D eigenvalue weighted by atomic mass is 32.1. The fourth-order valence-electron chi connectivity index (χ4n) is 6.36. The third-order valence-electron chi connectivity index (χ3n) is 9.08. The van der Waals surface area contributed by atoms with Crippen LogP contribution in [0.25, 0.3) is 10.2 Å². The molecular weight excluding hydrogens is 544 g/mol. The van der Waals surface area contributed by atoms with Crippen molar-refractivity contribution in [2.45, 2.75) is 90.5 Å². The van der Waals surface area contributed by atoms with Crippen LogP contribution in [-0.4, -0.2) is 78.1 Å². The molecule has 42 heavy (non-hydrogen) atoms. The summed E-state index contributed by atoms with van der Waals surface area (Å²) in [4.78, 5) is 49.1. The first kappa shape index (κ1) is 32.5. The molecule has 230 valence electrons. The summed E-state index contributed by atoms with van der Waals surface area (Å²) >= 11 is 1.63. The van der Waals surface area contributed by atoms with Crippen molar-refractivity contribution in [3.63, 3.8) is 0 Å². The third kappa shape index (κ3) is 9.29. The van der Waals surface area contributed by atoms with Crippen LogP contribution in [0.15, 0.2) is 30.4 Å². The molecule has 1 aliphatic heterocycles. The Morgan fingerprint density at radius 3 is 2.52 bits per heavy atom. The quantitative estimate of drug-likeness (QED) is 0.255. The largest absolute Gasteiger partial charge is 0.353 e. The standard InChI is InChI=1S/C34H50N4O3S/c1-5-9-28(39)21-27(22-33-35-30-13-12-25(6-2)20-32(30)42-33)34(41)36-29(26-10-7-8-11-26)14-15-31(40)24(3)23-38-18-16-37(4)17-19-38/h12-13,20,26-27,29H,3,5-11,14-19,21-23H2,1-2,4H3,(H,36,41)/t27-,29+/m0/s1. The number of rotatable bonds is 16. The number of carbonyl (C=O) groups is 3. The molecule has 1 saturated carbocycles. The van der Waals surface area contributed by atoms with Crippen LogP contribution in [0.5, 0.6) is 0 Å². The van der Waals surface area contributed by atoms with Gasteiger partial charge in [0.15, 0.2) is 5.78 Å². The highest BCUT2D eigenvalue weighted by molar-refractivity contribution is 7.18. The zero-order valence-electron chi connectivity index (χ0n) is 26.0. The molecule has 2 heterocycles. The minimum absolute atomic E-state index is 0.0633. The normalized spacial score (nSPS) is 18.3. The first-order valence-corrected chi connectivity index (χ1v) is 16.9. The lowest BCUT2D eigenvalue weighted by Crippen LogP contribution is -2.45. The monoisotopic (exact) mass is 594 g/mol. The van der Waals surface area contributed by atoms with Crippen molar-refractivity contribution >= 4 is 39.0 Å². The van der Waals surface area contributed by atoms with Gasteiger partial charge in [0.2, 0.25) is 5.91 Å². The summed E-state index contributed by atoms with van der Waals surface area (Å²) in [6.45, 7) is 12.8. The Kier molecular flexibility index (Phi) is 12.3. The first-order chi connectivity index (χ1) is 20.2. The summed E-state index contributed by atoms with van der Waals surface area (Å²) in [6, 6.07) is 6.27. The SMILES string of the molecule is C=C(CN1CCN(C)CC1)C(=O)CC[C@@H](NC(=O)[C@@H](CC(=O)CCC)Cc1nc2ccc(CC)cc2s1)C1CCCC1. The maximum Gasteiger partial charge on any atom is 0.224 e. The van der Waals surface area contributed by atoms with Crippen LogP contribution >= 0.6 is 11.3 Å². The Morgan fingerprint density at radius 2 is 1.83 bits per heavy atom. The number of fused-ring (bicyclic) bond motifs is 1. The van der Waals surface area contributed by atoms with E-state index in [2.05, 4.69) is 53.9 Å². The highest BCUT2D eigenvalue weighted by Crippen LogP contribution is 2.31. The van der Waals surface area contributed by atoms with Gasteiger partial charge in [0.25, 0.3) is 0 Å². The molecular formula is C34H50N4O3S. The summed E-state index contributed by atoms with van der Waals surface area (Å²) < 4.78 is 1.13. The van der Waals surface area contributed by atoms with E-state index in [4.69, 9.17) is 4.98 Å². The number of aromatic nitrogens is 1. The number of benzene rings is 1. The van der Waals surface area contributed by atoms with Gasteiger partial charge in [-0.25, -0.2) is 4.98 Å². The number of nitrogens with one attached hydrogen (secondary N) is 1. The van der Waals surface area contributed by atoms with E-state index in [1.165, 1.54) is 5.56 Å². The van der Waals surface area contributed by atoms with Gasteiger partial charge in [-0.05, 0) is 62.8 Å². The van der Waals surface area contributed by atoms with Crippen molar-refractivity contribution in [3.05, 3.63) is 40.9 Å². The number of piperazine rings is 1. The number of amides is 1. The number of thiazole rings is 1. The molecule has 1 aliphatic carbocycles. The molecule has 0 unspecified atom stereocenters. The van der Waals surface area contributed by atoms with E-state index in [9.17, 15) is 14.4 Å². The van der Waals surface area contributed by atoms with Gasteiger partial charge in [0.05, 0.1) is 21.1 Å². The number of likely N-dealkylation sites (N-methyl/N-ethyl adjacent to an activating group) is 1. The first-order valence-electron chi connectivity index (χ1n) is 16.1. The highest BCUT2D eigenvalue weighted by Gasteiger charge is 2.31. The predicted molar refractivity (Wildman–Crippen MR) is 172 cm³/mol. The molecule has 0 radical (unpaired) electrons. The Bertz CT molecular complexity index is 1230. The fraction of sp³-hybridized carbons (Fsp3) is 0.647. The van der Waals surface area contributed by atoms with Crippen molar-refractivity contribution in [2.24, 2.45) is 11.8 Å². The predicted octanol–water partition coefficient (Wildman–Crippen LogP) is 5.60. The van der Waals surface area contributed by atoms with E-state index in [1.54, 1.807) is 11.3 Å². The van der Waals surface area contributed by atoms with Gasteiger partial charge in [0, 0.05) is 70.0 Å². The van der Waals surface area contributed by atoms with Gasteiger partial charge in [0.1, 0.15) is 5.78 Å². The molecule has 2 fully saturated rings. The zero-order chi connectivity index (χ0) is 30.1. The molecule has 2 atom stereocenters. The molecule has 1 aromatic heterocycles. The smallest absolute Gasteiger partial charge is 0.224 e. The van der Waals surface area contributed by atoms with Gasteiger partial charge in [-0.3, -0.25) is 19.3 Å². The van der Waals surface area contributed by atoms with E-state index >= 15 is 0 Å². The molecule has 4 rings (SSSR count). The second-order valence-electron chi connectivity index (χ2n) is 12.5. The number of aryl methyl sites for hydroxylation is 1. The minimum Gasteiger partial charge on any atom is -0.353 e. The summed E-state index contributed by atoms with van der Waals surface area (Å²) in [7, 11) is 2.13. The average Bonchev–Trinajstić information content (AvgIpc) is 3.65. The lowest BCUT2D eigenvalue weighted by molar-refractivity contribution is -0.130. The molecule has 1 amide bonds. The molecule has 2 aliphatic rings. The van der Waals surface area contributed by atoms with E-state index in [1.807, 2.05) is 6.92 Å². The number of hydrogen-bond donors (Lipinski definition) is 1. The van der Waals surface area contributed by atoms with Crippen LogP contribution in [0.4, 0.5) is 0 Å². The molecule has 0 spiro atoms. The summed E-state index contributed by atoms with van der Waals surface area (Å²) in [6.07, 6.45) is 8.38. The van der Waals surface area contributed by atoms with Crippen LogP contribution in [-0.2, 0) is 27.2 Å². The summed E-state index contributed by atoms with van der Waals surface area (Å²) in [5.41, 5.74) is 2.89. The number of hydrogen-bond acceptors (Lipinski definition) is 7. The van der Waals surface area contributed by atoms with E-state index in [0.29, 0.717) is 43.7 Å². The second kappa shape index (κ2) is 15.9. The molecule has 8 heteroatoms. The van der Waals surface area contributed by atoms with E-state index < -0.39 is 5.92 Å². The third-order valence-corrected chi connectivity index (χ3v) is 10.1. The molecule has 2 aromatic rings. The maximum atomic E-state index is 13.8. The van der Waals surface area contributed by atoms with Gasteiger partial charge >= 0.3 is 0 Å². The lowest BCUT2D eigenvalue weighted by Gasteiger charge is -2.32. The summed E-state index contributed by atoms with van der Waals surface area (Å²) in [5, 5.41) is 4.25. The van der Waals surface area contributed by atoms with Gasteiger partial charge in [-0.15, -0.1) is 11.3 Å². The lowest BCUT2D eigenvalue weighted by atomic mass is 9.90. The number of ketones is 2. The summed E-state index contributed by atoms with van der Waals surface area (Å²) in [5.74, 6) is 0.0618. The number of carbonyl (C=O) groups excluding carboxylic acids is 3. The number of Topliss-reactive ketones (excluding diaryl/α,β-unsaturated/α-hetero) is 2. The van der Waals surface area contributed by atoms with Crippen molar-refractivity contribution in [2.75, 3.05) is 39.8 Å². The Labute approximate surface area is 256 Å². The van der Waals surface area contributed by atoms with Crippen LogP contribution in [0, 0.1) is 11.8 Å². The minimum atomic E-state index is -0.456. The zero-order valence-corrected chi connectivity index (χ0v) is 26.8. The van der Waals surface area contributed by atoms with Crippen molar-refractivity contribution in [1.29, 1.82) is 0 Å². The van der Waals surface area contributed by atoms with Crippen molar-refractivity contribution in [1.82, 2.24) is 20.1 Å². The maximum absolute atomic E-state index is 13.8. The molecule has 0 bridgehead atoms. The molecule has 1 saturated heterocycles. The van der Waals surface area contributed by atoms with Gasteiger partial charge in [-0.1, -0.05) is 39.3 Å². The van der Waals surface area contributed by atoms with Crippen molar-refractivity contribution < 1.29 is 14.4 Å². The van der Waals surface area contributed by atoms with Crippen LogP contribution in [0.1, 0.15) is 82.2 Å². The van der Waals surface area contributed by atoms with Crippen molar-refractivity contribution in [3.8, 4) is 0 Å². The second-order valence-corrected chi connectivity index (χ2v) is 13.6. The van der Waals surface area contributed by atoms with Crippen LogP contribution in [0.2, 0.25) is 0 Å². The fourth-order valence-corrected chi connectivity index (χ4v) is 7.47. The van der Waals surface area contributed by atoms with Gasteiger partial charge in [-0.2, -0.15) is 0 Å². The Hall–Kier alpha value is -2.42. The topological polar surface area (TPSA) is 82.6 Å². The molecule has 7 nitrogen and oxygen atoms in total. The Balaban J connectivity index is 1.41. The average molecular weight is 595 g/mol. The van der Waals surface area contributed by atoms with E-state index in [-0.39, 0.29) is 29.9 Å². The Morgan fingerprint density at radius 1 is 1.10 bits per heavy atom. The van der Waals surface area contributed by atoms with Crippen LogP contribution in [0.3, 0.4) is 0 Å². The number of nitrogens with zero attached hydrogens (tertiary/aromatic N) is 3.